The first-order valence-corrected chi connectivity index (χ1v) is 6.36. The van der Waals surface area contributed by atoms with Gasteiger partial charge in [0.2, 0.25) is 0 Å². The second-order valence-electron chi connectivity index (χ2n) is 3.90. The summed E-state index contributed by atoms with van der Waals surface area (Å²) in [7, 11) is 0. The molecule has 0 aliphatic carbocycles. The zero-order valence-corrected chi connectivity index (χ0v) is 11.3. The normalized spacial score (nSPS) is 12.7. The molecule has 5 heteroatoms. The molecule has 3 nitrogen and oxygen atoms in total. The van der Waals surface area contributed by atoms with Gasteiger partial charge in [-0.3, -0.25) is 0 Å². The number of aryl methyl sites for hydroxylation is 1. The average molecular weight is 298 g/mol. The predicted octanol–water partition coefficient (Wildman–Crippen LogP) is 3.56. The van der Waals surface area contributed by atoms with Gasteiger partial charge >= 0.3 is 0 Å². The van der Waals surface area contributed by atoms with Crippen LogP contribution in [0.15, 0.2) is 24.4 Å². The second-order valence-corrected chi connectivity index (χ2v) is 5.00. The first kappa shape index (κ1) is 12.2. The number of hydrogen-bond acceptors (Lipinski definition) is 2. The SMILES string of the molecule is CCC(Br)c1cn(-c2ccc(F)c(C)c2)nn1. The van der Waals surface area contributed by atoms with Crippen LogP contribution >= 0.6 is 15.9 Å². The van der Waals surface area contributed by atoms with E-state index in [2.05, 4.69) is 33.2 Å². The van der Waals surface area contributed by atoms with E-state index in [1.807, 2.05) is 6.20 Å². The van der Waals surface area contributed by atoms with E-state index in [1.54, 1.807) is 23.7 Å². The molecule has 1 unspecified atom stereocenters. The van der Waals surface area contributed by atoms with Crippen molar-refractivity contribution in [2.45, 2.75) is 25.1 Å². The van der Waals surface area contributed by atoms with Gasteiger partial charge in [0.25, 0.3) is 0 Å². The molecule has 2 rings (SSSR count). The highest BCUT2D eigenvalue weighted by Gasteiger charge is 2.10. The molecule has 90 valence electrons. The smallest absolute Gasteiger partial charge is 0.126 e. The number of hydrogen-bond donors (Lipinski definition) is 0. The Morgan fingerprint density at radius 1 is 1.47 bits per heavy atom. The van der Waals surface area contributed by atoms with Crippen molar-refractivity contribution in [2.75, 3.05) is 0 Å². The molecule has 0 spiro atoms. The first-order chi connectivity index (χ1) is 8.11. The molecule has 0 saturated heterocycles. The molecule has 0 N–H and O–H groups in total. The average Bonchev–Trinajstić information content (AvgIpc) is 2.81. The van der Waals surface area contributed by atoms with Gasteiger partial charge in [-0.05, 0) is 37.1 Å². The Bertz CT molecular complexity index is 524. The number of halogens is 2. The first-order valence-electron chi connectivity index (χ1n) is 5.44. The minimum absolute atomic E-state index is 0.206. The van der Waals surface area contributed by atoms with E-state index in [0.717, 1.165) is 17.8 Å². The highest BCUT2D eigenvalue weighted by Crippen LogP contribution is 2.24. The Labute approximate surface area is 108 Å². The van der Waals surface area contributed by atoms with Crippen LogP contribution in [0, 0.1) is 12.7 Å². The molecule has 1 atom stereocenters. The molecule has 0 aliphatic heterocycles. The predicted molar refractivity (Wildman–Crippen MR) is 68.0 cm³/mol. The fraction of sp³-hybridized carbons (Fsp3) is 0.333. The molecule has 0 bridgehead atoms. The van der Waals surface area contributed by atoms with E-state index >= 15 is 0 Å². The molecule has 2 aromatic rings. The fourth-order valence-electron chi connectivity index (χ4n) is 1.53. The van der Waals surface area contributed by atoms with Crippen LogP contribution < -0.4 is 0 Å². The van der Waals surface area contributed by atoms with E-state index in [4.69, 9.17) is 0 Å². The van der Waals surface area contributed by atoms with Crippen molar-refractivity contribution in [2.24, 2.45) is 0 Å². The summed E-state index contributed by atoms with van der Waals surface area (Å²) in [5, 5.41) is 8.13. The Morgan fingerprint density at radius 3 is 2.88 bits per heavy atom. The van der Waals surface area contributed by atoms with Gasteiger partial charge < -0.3 is 0 Å². The van der Waals surface area contributed by atoms with Gasteiger partial charge in [0.05, 0.1) is 22.4 Å². The highest BCUT2D eigenvalue weighted by molar-refractivity contribution is 9.09. The molecule has 0 aliphatic rings. The summed E-state index contributed by atoms with van der Waals surface area (Å²) in [6.45, 7) is 3.80. The van der Waals surface area contributed by atoms with Gasteiger partial charge in [0.1, 0.15) is 5.82 Å². The van der Waals surface area contributed by atoms with E-state index in [-0.39, 0.29) is 10.6 Å². The molecule has 0 fully saturated rings. The van der Waals surface area contributed by atoms with Crippen molar-refractivity contribution in [1.82, 2.24) is 15.0 Å². The summed E-state index contributed by atoms with van der Waals surface area (Å²) >= 11 is 3.52. The van der Waals surface area contributed by atoms with Crippen molar-refractivity contribution in [3.63, 3.8) is 0 Å². The number of benzene rings is 1. The molecule has 0 radical (unpaired) electrons. The van der Waals surface area contributed by atoms with Crippen LogP contribution in [0.25, 0.3) is 5.69 Å². The fourth-order valence-corrected chi connectivity index (χ4v) is 1.74. The molecule has 17 heavy (non-hydrogen) atoms. The lowest BCUT2D eigenvalue weighted by Crippen LogP contribution is -1.96. The van der Waals surface area contributed by atoms with Gasteiger partial charge in [-0.25, -0.2) is 9.07 Å². The van der Waals surface area contributed by atoms with E-state index in [1.165, 1.54) is 6.07 Å². The van der Waals surface area contributed by atoms with Crippen molar-refractivity contribution in [3.8, 4) is 5.69 Å². The monoisotopic (exact) mass is 297 g/mol. The quantitative estimate of drug-likeness (QED) is 0.811. The Balaban J connectivity index is 2.33. The third-order valence-corrected chi connectivity index (χ3v) is 3.71. The highest BCUT2D eigenvalue weighted by atomic mass is 79.9. The minimum Gasteiger partial charge on any atom is -0.220 e. The van der Waals surface area contributed by atoms with E-state index < -0.39 is 0 Å². The Kier molecular flexibility index (Phi) is 3.57. The maximum absolute atomic E-state index is 13.1. The molecular formula is C12H13BrFN3. The van der Waals surface area contributed by atoms with Crippen molar-refractivity contribution >= 4 is 15.9 Å². The van der Waals surface area contributed by atoms with Crippen LogP contribution in [0.3, 0.4) is 0 Å². The number of alkyl halides is 1. The van der Waals surface area contributed by atoms with Crippen LogP contribution in [0.4, 0.5) is 4.39 Å². The van der Waals surface area contributed by atoms with Crippen LogP contribution in [0.2, 0.25) is 0 Å². The number of aromatic nitrogens is 3. The number of rotatable bonds is 3. The summed E-state index contributed by atoms with van der Waals surface area (Å²) in [5.74, 6) is -0.207. The zero-order chi connectivity index (χ0) is 12.4. The maximum atomic E-state index is 13.1. The summed E-state index contributed by atoms with van der Waals surface area (Å²) in [5.41, 5.74) is 2.30. The van der Waals surface area contributed by atoms with E-state index in [9.17, 15) is 4.39 Å². The van der Waals surface area contributed by atoms with Gasteiger partial charge in [-0.2, -0.15) is 0 Å². The van der Waals surface area contributed by atoms with Gasteiger partial charge in [0, 0.05) is 0 Å². The largest absolute Gasteiger partial charge is 0.220 e. The molecule has 1 heterocycles. The summed E-state index contributed by atoms with van der Waals surface area (Å²) in [4.78, 5) is 0.206. The zero-order valence-electron chi connectivity index (χ0n) is 9.69. The molecule has 0 amide bonds. The van der Waals surface area contributed by atoms with Gasteiger partial charge in [-0.15, -0.1) is 5.10 Å². The van der Waals surface area contributed by atoms with Gasteiger partial charge in [-0.1, -0.05) is 28.1 Å². The second kappa shape index (κ2) is 4.96. The lowest BCUT2D eigenvalue weighted by atomic mass is 10.2. The van der Waals surface area contributed by atoms with Crippen molar-refractivity contribution in [1.29, 1.82) is 0 Å². The molecule has 1 aromatic carbocycles. The molecule has 0 saturated carbocycles. The van der Waals surface area contributed by atoms with Crippen LogP contribution in [-0.2, 0) is 0 Å². The number of nitrogens with zero attached hydrogens (tertiary/aromatic N) is 3. The summed E-state index contributed by atoms with van der Waals surface area (Å²) < 4.78 is 14.8. The lowest BCUT2D eigenvalue weighted by molar-refractivity contribution is 0.617. The maximum Gasteiger partial charge on any atom is 0.126 e. The minimum atomic E-state index is -0.207. The molecular weight excluding hydrogens is 285 g/mol. The Morgan fingerprint density at radius 2 is 2.24 bits per heavy atom. The summed E-state index contributed by atoms with van der Waals surface area (Å²) in [6, 6.07) is 4.89. The van der Waals surface area contributed by atoms with E-state index in [0.29, 0.717) is 5.56 Å². The Hall–Kier alpha value is -1.23. The lowest BCUT2D eigenvalue weighted by Gasteiger charge is -2.02. The third kappa shape index (κ3) is 2.54. The standard InChI is InChI=1S/C12H13BrFN3/c1-3-10(13)12-7-17(16-15-12)9-4-5-11(14)8(2)6-9/h4-7,10H,3H2,1-2H3. The molecule has 1 aromatic heterocycles. The van der Waals surface area contributed by atoms with Crippen molar-refractivity contribution in [3.05, 3.63) is 41.5 Å². The van der Waals surface area contributed by atoms with Gasteiger partial charge in [0.15, 0.2) is 0 Å². The summed E-state index contributed by atoms with van der Waals surface area (Å²) in [6.07, 6.45) is 2.80. The van der Waals surface area contributed by atoms with Crippen LogP contribution in [0.1, 0.15) is 29.4 Å². The topological polar surface area (TPSA) is 30.7 Å². The van der Waals surface area contributed by atoms with Crippen molar-refractivity contribution < 1.29 is 4.39 Å². The van der Waals surface area contributed by atoms with Crippen LogP contribution in [-0.4, -0.2) is 15.0 Å². The third-order valence-electron chi connectivity index (χ3n) is 2.60. The van der Waals surface area contributed by atoms with Crippen LogP contribution in [0.5, 0.6) is 0 Å².